The van der Waals surface area contributed by atoms with Crippen molar-refractivity contribution in [2.24, 2.45) is 0 Å². The van der Waals surface area contributed by atoms with Gasteiger partial charge in [-0.15, -0.1) is 0 Å². The van der Waals surface area contributed by atoms with E-state index >= 15 is 0 Å². The second kappa shape index (κ2) is 9.62. The highest BCUT2D eigenvalue weighted by Crippen LogP contribution is 2.27. The lowest BCUT2D eigenvalue weighted by molar-refractivity contribution is -0.136. The first-order chi connectivity index (χ1) is 14.7. The number of benzene rings is 1. The number of hydrogen-bond donors (Lipinski definition) is 2. The summed E-state index contributed by atoms with van der Waals surface area (Å²) in [5, 5.41) is 10.0. The van der Waals surface area contributed by atoms with Gasteiger partial charge < -0.3 is 15.5 Å². The summed E-state index contributed by atoms with van der Waals surface area (Å²) in [4.78, 5) is 29.3. The van der Waals surface area contributed by atoms with E-state index in [0.29, 0.717) is 12.4 Å². The van der Waals surface area contributed by atoms with E-state index in [1.807, 2.05) is 50.5 Å². The second-order valence-electron chi connectivity index (χ2n) is 9.13. The number of carbonyl (C=O) groups is 2. The molecule has 0 aliphatic carbocycles. The Morgan fingerprint density at radius 2 is 1.90 bits per heavy atom. The lowest BCUT2D eigenvalue weighted by atomic mass is 10.0. The molecule has 0 spiro atoms. The zero-order valence-electron chi connectivity index (χ0n) is 19.2. The molecule has 2 aromatic rings. The second-order valence-corrected chi connectivity index (χ2v) is 9.13. The number of amides is 2. The quantitative estimate of drug-likeness (QED) is 0.662. The molecule has 0 unspecified atom stereocenters. The van der Waals surface area contributed by atoms with E-state index in [1.165, 1.54) is 5.56 Å². The molecular formula is C23H34N6O2. The Bertz CT molecular complexity index is 906. The van der Waals surface area contributed by atoms with Crippen LogP contribution in [0.1, 0.15) is 37.4 Å². The number of aryl methyl sites for hydroxylation is 1. The SMILES string of the molecule is Cc1cnn([C@@H]2CCN(Cc3ccccc3)C2)c1NC(=O)C(=O)NCC(C)(C)N(C)C. The van der Waals surface area contributed by atoms with Gasteiger partial charge in [0.1, 0.15) is 5.82 Å². The van der Waals surface area contributed by atoms with Crippen LogP contribution in [0.2, 0.25) is 0 Å². The van der Waals surface area contributed by atoms with Crippen molar-refractivity contribution in [2.75, 3.05) is 39.0 Å². The smallest absolute Gasteiger partial charge is 0.314 e. The largest absolute Gasteiger partial charge is 0.346 e. The van der Waals surface area contributed by atoms with Gasteiger partial charge in [-0.3, -0.25) is 14.5 Å². The molecular weight excluding hydrogens is 392 g/mol. The van der Waals surface area contributed by atoms with Crippen LogP contribution in [0, 0.1) is 6.92 Å². The molecule has 0 saturated carbocycles. The molecule has 8 nitrogen and oxygen atoms in total. The Hall–Kier alpha value is -2.71. The van der Waals surface area contributed by atoms with Gasteiger partial charge in [0, 0.05) is 37.3 Å². The van der Waals surface area contributed by atoms with Gasteiger partial charge in [0.05, 0.1) is 12.2 Å². The minimum atomic E-state index is -0.668. The van der Waals surface area contributed by atoms with Gasteiger partial charge >= 0.3 is 11.8 Å². The van der Waals surface area contributed by atoms with Crippen LogP contribution in [0.5, 0.6) is 0 Å². The summed E-state index contributed by atoms with van der Waals surface area (Å²) in [6.07, 6.45) is 2.68. The number of hydrogen-bond acceptors (Lipinski definition) is 5. The lowest BCUT2D eigenvalue weighted by Crippen LogP contribution is -2.50. The Kier molecular flexibility index (Phi) is 7.12. The molecule has 0 bridgehead atoms. The summed E-state index contributed by atoms with van der Waals surface area (Å²) < 4.78 is 1.86. The minimum absolute atomic E-state index is 0.156. The topological polar surface area (TPSA) is 82.5 Å². The fourth-order valence-corrected chi connectivity index (χ4v) is 3.58. The van der Waals surface area contributed by atoms with Crippen molar-refractivity contribution < 1.29 is 9.59 Å². The molecule has 1 saturated heterocycles. The standard InChI is InChI=1S/C23H34N6O2/c1-17-13-25-29(19-11-12-28(15-19)14-18-9-7-6-8-10-18)20(17)26-22(31)21(30)24-16-23(2,3)27(4)5/h6-10,13,19H,11-12,14-16H2,1-5H3,(H,24,30)(H,26,31)/t19-/m1/s1. The fraction of sp³-hybridized carbons (Fsp3) is 0.522. The molecule has 1 aromatic heterocycles. The highest BCUT2D eigenvalue weighted by atomic mass is 16.2. The molecule has 1 aliphatic heterocycles. The molecule has 2 heterocycles. The molecule has 2 N–H and O–H groups in total. The zero-order valence-corrected chi connectivity index (χ0v) is 19.2. The molecule has 31 heavy (non-hydrogen) atoms. The lowest BCUT2D eigenvalue weighted by Gasteiger charge is -2.32. The van der Waals surface area contributed by atoms with Crippen molar-refractivity contribution in [1.29, 1.82) is 0 Å². The van der Waals surface area contributed by atoms with Crippen molar-refractivity contribution in [3.63, 3.8) is 0 Å². The van der Waals surface area contributed by atoms with Gasteiger partial charge in [-0.1, -0.05) is 30.3 Å². The van der Waals surface area contributed by atoms with Crippen LogP contribution in [0.4, 0.5) is 5.82 Å². The molecule has 0 radical (unpaired) electrons. The highest BCUT2D eigenvalue weighted by molar-refractivity contribution is 6.39. The van der Waals surface area contributed by atoms with Crippen LogP contribution < -0.4 is 10.6 Å². The number of likely N-dealkylation sites (tertiary alicyclic amines) is 1. The maximum Gasteiger partial charge on any atom is 0.314 e. The van der Waals surface area contributed by atoms with Crippen LogP contribution in [-0.4, -0.2) is 70.7 Å². The summed E-state index contributed by atoms with van der Waals surface area (Å²) in [5.41, 5.74) is 1.88. The summed E-state index contributed by atoms with van der Waals surface area (Å²) in [7, 11) is 3.88. The van der Waals surface area contributed by atoms with Gasteiger partial charge in [-0.25, -0.2) is 4.68 Å². The summed E-state index contributed by atoms with van der Waals surface area (Å²) in [5.74, 6) is -0.712. The van der Waals surface area contributed by atoms with E-state index in [0.717, 1.165) is 31.6 Å². The Labute approximate surface area is 184 Å². The van der Waals surface area contributed by atoms with Crippen molar-refractivity contribution in [3.05, 3.63) is 47.7 Å². The first-order valence-electron chi connectivity index (χ1n) is 10.7. The van der Waals surface area contributed by atoms with Gasteiger partial charge in [-0.2, -0.15) is 5.10 Å². The predicted molar refractivity (Wildman–Crippen MR) is 122 cm³/mol. The number of nitrogens with zero attached hydrogens (tertiary/aromatic N) is 4. The van der Waals surface area contributed by atoms with Gasteiger partial charge in [-0.05, 0) is 46.9 Å². The number of nitrogens with one attached hydrogen (secondary N) is 2. The molecule has 1 aliphatic rings. The van der Waals surface area contributed by atoms with Crippen LogP contribution in [0.15, 0.2) is 36.5 Å². The molecule has 8 heteroatoms. The van der Waals surface area contributed by atoms with E-state index in [1.54, 1.807) is 6.20 Å². The van der Waals surface area contributed by atoms with E-state index in [4.69, 9.17) is 0 Å². The van der Waals surface area contributed by atoms with E-state index in [-0.39, 0.29) is 11.6 Å². The average molecular weight is 427 g/mol. The number of likely N-dealkylation sites (N-methyl/N-ethyl adjacent to an activating group) is 1. The molecule has 3 rings (SSSR count). The van der Waals surface area contributed by atoms with Crippen LogP contribution in [-0.2, 0) is 16.1 Å². The van der Waals surface area contributed by atoms with Crippen LogP contribution >= 0.6 is 0 Å². The van der Waals surface area contributed by atoms with E-state index in [2.05, 4.69) is 44.9 Å². The third kappa shape index (κ3) is 5.71. The van der Waals surface area contributed by atoms with Crippen LogP contribution in [0.25, 0.3) is 0 Å². The average Bonchev–Trinajstić information content (AvgIpc) is 3.33. The van der Waals surface area contributed by atoms with Crippen molar-refractivity contribution in [2.45, 2.75) is 45.3 Å². The molecule has 1 fully saturated rings. The predicted octanol–water partition coefficient (Wildman–Crippen LogP) is 2.03. The summed E-state index contributed by atoms with van der Waals surface area (Å²) >= 11 is 0. The third-order valence-electron chi connectivity index (χ3n) is 6.15. The Morgan fingerprint density at radius 3 is 2.58 bits per heavy atom. The first-order valence-corrected chi connectivity index (χ1v) is 10.7. The number of rotatable bonds is 7. The minimum Gasteiger partial charge on any atom is -0.346 e. The monoisotopic (exact) mass is 426 g/mol. The molecule has 2 amide bonds. The normalized spacial score (nSPS) is 17.2. The third-order valence-corrected chi connectivity index (χ3v) is 6.15. The summed E-state index contributed by atoms with van der Waals surface area (Å²) in [6.45, 7) is 8.99. The van der Waals surface area contributed by atoms with Crippen molar-refractivity contribution in [3.8, 4) is 0 Å². The van der Waals surface area contributed by atoms with E-state index < -0.39 is 11.8 Å². The molecule has 1 aromatic carbocycles. The zero-order chi connectivity index (χ0) is 22.6. The van der Waals surface area contributed by atoms with Gasteiger partial charge in [0.2, 0.25) is 0 Å². The van der Waals surface area contributed by atoms with E-state index in [9.17, 15) is 9.59 Å². The number of aromatic nitrogens is 2. The van der Waals surface area contributed by atoms with Crippen molar-refractivity contribution in [1.82, 2.24) is 24.9 Å². The molecule has 168 valence electrons. The molecule has 1 atom stereocenters. The van der Waals surface area contributed by atoms with Gasteiger partial charge in [0.15, 0.2) is 0 Å². The highest BCUT2D eigenvalue weighted by Gasteiger charge is 2.28. The number of anilines is 1. The fourth-order valence-electron chi connectivity index (χ4n) is 3.58. The maximum absolute atomic E-state index is 12.5. The van der Waals surface area contributed by atoms with Crippen molar-refractivity contribution >= 4 is 17.6 Å². The Balaban J connectivity index is 1.61. The number of carbonyl (C=O) groups excluding carboxylic acids is 2. The summed E-state index contributed by atoms with van der Waals surface area (Å²) in [6, 6.07) is 10.6. The van der Waals surface area contributed by atoms with Gasteiger partial charge in [0.25, 0.3) is 0 Å². The van der Waals surface area contributed by atoms with Crippen LogP contribution in [0.3, 0.4) is 0 Å². The first kappa shape index (κ1) is 23.0. The maximum atomic E-state index is 12.5. The Morgan fingerprint density at radius 1 is 1.19 bits per heavy atom.